The van der Waals surface area contributed by atoms with Crippen LogP contribution in [0.2, 0.25) is 0 Å². The Balaban J connectivity index is 4.11. The Bertz CT molecular complexity index is 961. The van der Waals surface area contributed by atoms with Gasteiger partial charge in [0.1, 0.15) is 26.4 Å². The molecule has 0 saturated heterocycles. The van der Waals surface area contributed by atoms with Gasteiger partial charge < -0.3 is 33.2 Å². The molecular formula is C27H38O13. The first-order chi connectivity index (χ1) is 18.7. The molecule has 40 heavy (non-hydrogen) atoms. The second-order valence-electron chi connectivity index (χ2n) is 8.79. The van der Waals surface area contributed by atoms with Gasteiger partial charge in [-0.15, -0.1) is 0 Å². The van der Waals surface area contributed by atoms with E-state index in [2.05, 4.69) is 19.7 Å². The van der Waals surface area contributed by atoms with E-state index < -0.39 is 47.2 Å². The van der Waals surface area contributed by atoms with Crippen LogP contribution in [-0.4, -0.2) is 81.1 Å². The van der Waals surface area contributed by atoms with Crippen LogP contribution in [0.15, 0.2) is 36.6 Å². The lowest BCUT2D eigenvalue weighted by Crippen LogP contribution is -2.38. The van der Waals surface area contributed by atoms with E-state index in [1.165, 1.54) is 27.7 Å². The Morgan fingerprint density at radius 1 is 0.550 bits per heavy atom. The summed E-state index contributed by atoms with van der Waals surface area (Å²) in [5.74, 6) is -4.55. The fraction of sp³-hybridized carbons (Fsp3) is 0.556. The smallest absolute Gasteiger partial charge is 0.373 e. The minimum Gasteiger partial charge on any atom is -0.469 e. The summed E-state index contributed by atoms with van der Waals surface area (Å²) in [5, 5.41) is 0. The standard InChI is InChI=1S/C27H38O13/c1-18(2)23(30)36-12-8-10-21(28)34-14-16-38-25(32)20(5)40-27(6,7)26(33)39-17-15-35-22(29)11-9-13-37-24(31)19(3)4/h1,3,5,8-17H2,2,4,6-7H3. The van der Waals surface area contributed by atoms with Crippen molar-refractivity contribution in [1.29, 1.82) is 0 Å². The van der Waals surface area contributed by atoms with Gasteiger partial charge in [-0.2, -0.15) is 0 Å². The summed E-state index contributed by atoms with van der Waals surface area (Å²) in [6, 6.07) is 0. The van der Waals surface area contributed by atoms with E-state index >= 15 is 0 Å². The average Bonchev–Trinajstić information content (AvgIpc) is 2.88. The first-order valence-corrected chi connectivity index (χ1v) is 12.4. The molecule has 0 bridgehead atoms. The van der Waals surface area contributed by atoms with Gasteiger partial charge in [-0.05, 0) is 47.1 Å². The first-order valence-electron chi connectivity index (χ1n) is 12.4. The van der Waals surface area contributed by atoms with Crippen molar-refractivity contribution in [2.24, 2.45) is 0 Å². The SMILES string of the molecule is C=C(C)C(=O)OCCCC(=O)OCCOC(=O)C(=C)OC(C)(C)C(=O)OCCOC(=O)CCCOC(=O)C(=C)C. The first kappa shape index (κ1) is 35.8. The van der Waals surface area contributed by atoms with Gasteiger partial charge >= 0.3 is 35.8 Å². The predicted molar refractivity (Wildman–Crippen MR) is 138 cm³/mol. The molecule has 0 aromatic rings. The molecule has 13 nitrogen and oxygen atoms in total. The van der Waals surface area contributed by atoms with E-state index in [0.29, 0.717) is 0 Å². The Morgan fingerprint density at radius 3 is 1.35 bits per heavy atom. The Hall–Kier alpha value is -4.16. The number of rotatable bonds is 20. The lowest BCUT2D eigenvalue weighted by Gasteiger charge is -2.24. The van der Waals surface area contributed by atoms with Crippen LogP contribution in [0.25, 0.3) is 0 Å². The van der Waals surface area contributed by atoms with Gasteiger partial charge in [0.2, 0.25) is 5.60 Å². The molecule has 13 heteroatoms. The van der Waals surface area contributed by atoms with E-state index in [0.717, 1.165) is 0 Å². The quantitative estimate of drug-likeness (QED) is 0.0688. The predicted octanol–water partition coefficient (Wildman–Crippen LogP) is 2.27. The number of ether oxygens (including phenoxy) is 7. The highest BCUT2D eigenvalue weighted by Crippen LogP contribution is 2.17. The summed E-state index contributed by atoms with van der Waals surface area (Å²) in [7, 11) is 0. The van der Waals surface area contributed by atoms with Crippen LogP contribution in [0.1, 0.15) is 53.4 Å². The van der Waals surface area contributed by atoms with Crippen molar-refractivity contribution in [3.8, 4) is 0 Å². The summed E-state index contributed by atoms with van der Waals surface area (Å²) < 4.78 is 34.7. The number of hydrogen-bond donors (Lipinski definition) is 0. The number of hydrogen-bond acceptors (Lipinski definition) is 13. The second kappa shape index (κ2) is 19.0. The molecule has 0 rings (SSSR count). The van der Waals surface area contributed by atoms with Crippen LogP contribution in [0.4, 0.5) is 0 Å². The van der Waals surface area contributed by atoms with E-state index in [-0.39, 0.29) is 76.5 Å². The van der Waals surface area contributed by atoms with Crippen molar-refractivity contribution in [1.82, 2.24) is 0 Å². The maximum Gasteiger partial charge on any atom is 0.373 e. The van der Waals surface area contributed by atoms with Gasteiger partial charge in [-0.25, -0.2) is 19.2 Å². The van der Waals surface area contributed by atoms with Gasteiger partial charge in [0.15, 0.2) is 5.76 Å². The van der Waals surface area contributed by atoms with Crippen LogP contribution in [0.3, 0.4) is 0 Å². The molecule has 0 heterocycles. The molecular weight excluding hydrogens is 532 g/mol. The van der Waals surface area contributed by atoms with Crippen molar-refractivity contribution in [3.05, 3.63) is 36.6 Å². The van der Waals surface area contributed by atoms with E-state index in [9.17, 15) is 28.8 Å². The summed E-state index contributed by atoms with van der Waals surface area (Å²) in [6.07, 6.45) is 0.508. The summed E-state index contributed by atoms with van der Waals surface area (Å²) in [5.41, 5.74) is -1.11. The molecule has 0 aliphatic carbocycles. The molecule has 0 atom stereocenters. The van der Waals surface area contributed by atoms with E-state index in [1.54, 1.807) is 0 Å². The van der Waals surface area contributed by atoms with Gasteiger partial charge in [0, 0.05) is 24.0 Å². The third kappa shape index (κ3) is 16.6. The Morgan fingerprint density at radius 2 is 0.925 bits per heavy atom. The summed E-state index contributed by atoms with van der Waals surface area (Å²) >= 11 is 0. The number of carbonyl (C=O) groups excluding carboxylic acids is 6. The topological polar surface area (TPSA) is 167 Å². The molecule has 0 aromatic heterocycles. The van der Waals surface area contributed by atoms with Crippen LogP contribution in [-0.2, 0) is 61.9 Å². The maximum atomic E-state index is 12.3. The van der Waals surface area contributed by atoms with E-state index in [4.69, 9.17) is 33.2 Å². The van der Waals surface area contributed by atoms with Crippen molar-refractivity contribution >= 4 is 35.8 Å². The fourth-order valence-corrected chi connectivity index (χ4v) is 2.38. The molecule has 0 amide bonds. The lowest BCUT2D eigenvalue weighted by atomic mass is 10.1. The molecule has 224 valence electrons. The number of carbonyl (C=O) groups is 6. The van der Waals surface area contributed by atoms with Gasteiger partial charge in [-0.1, -0.05) is 13.2 Å². The zero-order valence-corrected chi connectivity index (χ0v) is 23.5. The van der Waals surface area contributed by atoms with Crippen LogP contribution >= 0.6 is 0 Å². The Labute approximate surface area is 233 Å². The van der Waals surface area contributed by atoms with Crippen LogP contribution in [0, 0.1) is 0 Å². The maximum absolute atomic E-state index is 12.3. The molecule has 0 fully saturated rings. The molecule has 0 aromatic carbocycles. The lowest BCUT2D eigenvalue weighted by molar-refractivity contribution is -0.170. The summed E-state index contributed by atoms with van der Waals surface area (Å²) in [4.78, 5) is 70.1. The van der Waals surface area contributed by atoms with Crippen LogP contribution < -0.4 is 0 Å². The zero-order valence-electron chi connectivity index (χ0n) is 23.5. The largest absolute Gasteiger partial charge is 0.469 e. The fourth-order valence-electron chi connectivity index (χ4n) is 2.38. The van der Waals surface area contributed by atoms with Crippen molar-refractivity contribution < 1.29 is 61.9 Å². The van der Waals surface area contributed by atoms with Gasteiger partial charge in [0.05, 0.1) is 13.2 Å². The second-order valence-corrected chi connectivity index (χ2v) is 8.79. The number of esters is 6. The monoisotopic (exact) mass is 570 g/mol. The highest BCUT2D eigenvalue weighted by Gasteiger charge is 2.34. The Kier molecular flexibility index (Phi) is 17.0. The molecule has 0 radical (unpaired) electrons. The molecule has 0 unspecified atom stereocenters. The molecule has 0 aliphatic heterocycles. The van der Waals surface area contributed by atoms with E-state index in [1.807, 2.05) is 0 Å². The van der Waals surface area contributed by atoms with Crippen molar-refractivity contribution in [3.63, 3.8) is 0 Å². The average molecular weight is 571 g/mol. The molecule has 0 saturated carbocycles. The van der Waals surface area contributed by atoms with Crippen LogP contribution in [0.5, 0.6) is 0 Å². The van der Waals surface area contributed by atoms with Gasteiger partial charge in [-0.3, -0.25) is 9.59 Å². The molecule has 0 spiro atoms. The highest BCUT2D eigenvalue weighted by atomic mass is 16.6. The van der Waals surface area contributed by atoms with Crippen molar-refractivity contribution in [2.75, 3.05) is 39.6 Å². The zero-order chi connectivity index (χ0) is 30.7. The third-order valence-electron chi connectivity index (χ3n) is 4.47. The normalized spacial score (nSPS) is 10.4. The van der Waals surface area contributed by atoms with Crippen molar-refractivity contribution in [2.45, 2.75) is 59.0 Å². The third-order valence-corrected chi connectivity index (χ3v) is 4.47. The minimum atomic E-state index is -1.62. The highest BCUT2D eigenvalue weighted by molar-refractivity contribution is 5.88. The minimum absolute atomic E-state index is 0.000123. The molecule has 0 N–H and O–H groups in total. The molecule has 0 aliphatic rings. The van der Waals surface area contributed by atoms with Gasteiger partial charge in [0.25, 0.3) is 0 Å². The summed E-state index contributed by atoms with van der Waals surface area (Å²) in [6.45, 7) is 15.1.